The number of methoxy groups -OCH3 is 2. The number of rotatable bonds is 10. The molecule has 0 fully saturated rings. The normalized spacial score (nSPS) is 10.9. The predicted molar refractivity (Wildman–Crippen MR) is 133 cm³/mol. The van der Waals surface area contributed by atoms with Crippen molar-refractivity contribution in [2.45, 2.75) is 38.9 Å². The van der Waals surface area contributed by atoms with Crippen LogP contribution in [-0.4, -0.2) is 36.5 Å². The summed E-state index contributed by atoms with van der Waals surface area (Å²) in [4.78, 5) is 28.4. The Morgan fingerprint density at radius 3 is 1.82 bits per heavy atom. The SMILES string of the molecule is COc1ccc(CNC(=O)C(C)(C)N(Cc2ccc(OC)cc2)C(=O)Cc2ccccc2)cc1. The monoisotopic (exact) mass is 460 g/mol. The minimum Gasteiger partial charge on any atom is -0.497 e. The van der Waals surface area contributed by atoms with Crippen LogP contribution in [0.1, 0.15) is 30.5 Å². The molecule has 1 N–H and O–H groups in total. The molecule has 6 nitrogen and oxygen atoms in total. The van der Waals surface area contributed by atoms with Gasteiger partial charge in [-0.1, -0.05) is 54.6 Å². The van der Waals surface area contributed by atoms with Crippen LogP contribution in [0.15, 0.2) is 78.9 Å². The summed E-state index contributed by atoms with van der Waals surface area (Å²) >= 11 is 0. The van der Waals surface area contributed by atoms with E-state index in [1.165, 1.54) is 0 Å². The van der Waals surface area contributed by atoms with E-state index in [9.17, 15) is 9.59 Å². The van der Waals surface area contributed by atoms with Crippen LogP contribution in [0.5, 0.6) is 11.5 Å². The van der Waals surface area contributed by atoms with Crippen LogP contribution in [0.2, 0.25) is 0 Å². The fourth-order valence-electron chi connectivity index (χ4n) is 3.64. The second-order valence-electron chi connectivity index (χ2n) is 8.58. The standard InChI is InChI=1S/C28H32N2O4/c1-28(2,27(32)29-19-22-10-14-24(33-3)15-11-22)30(20-23-12-16-25(34-4)17-13-23)26(31)18-21-8-6-5-7-9-21/h5-17H,18-20H2,1-4H3,(H,29,32). The molecule has 34 heavy (non-hydrogen) atoms. The van der Waals surface area contributed by atoms with E-state index in [0.717, 1.165) is 28.2 Å². The average Bonchev–Trinajstić information content (AvgIpc) is 2.86. The zero-order chi connectivity index (χ0) is 24.6. The van der Waals surface area contributed by atoms with E-state index in [4.69, 9.17) is 9.47 Å². The first-order valence-corrected chi connectivity index (χ1v) is 11.2. The maximum Gasteiger partial charge on any atom is 0.245 e. The highest BCUT2D eigenvalue weighted by molar-refractivity contribution is 5.91. The van der Waals surface area contributed by atoms with Crippen LogP contribution in [0.25, 0.3) is 0 Å². The first-order chi connectivity index (χ1) is 16.3. The van der Waals surface area contributed by atoms with Crippen molar-refractivity contribution in [3.05, 3.63) is 95.6 Å². The number of ether oxygens (including phenoxy) is 2. The van der Waals surface area contributed by atoms with E-state index in [-0.39, 0.29) is 18.2 Å². The summed E-state index contributed by atoms with van der Waals surface area (Å²) in [7, 11) is 3.23. The Morgan fingerprint density at radius 2 is 1.29 bits per heavy atom. The Labute approximate surface area is 201 Å². The molecule has 0 bridgehead atoms. The van der Waals surface area contributed by atoms with Gasteiger partial charge < -0.3 is 19.7 Å². The van der Waals surface area contributed by atoms with Crippen molar-refractivity contribution >= 4 is 11.8 Å². The first kappa shape index (κ1) is 24.8. The van der Waals surface area contributed by atoms with Gasteiger partial charge >= 0.3 is 0 Å². The molecule has 0 saturated heterocycles. The van der Waals surface area contributed by atoms with Crippen LogP contribution in [0.4, 0.5) is 0 Å². The summed E-state index contributed by atoms with van der Waals surface area (Å²) < 4.78 is 10.4. The van der Waals surface area contributed by atoms with Gasteiger partial charge in [0.25, 0.3) is 0 Å². The van der Waals surface area contributed by atoms with Gasteiger partial charge in [-0.3, -0.25) is 9.59 Å². The third kappa shape index (κ3) is 6.38. The lowest BCUT2D eigenvalue weighted by molar-refractivity contribution is -0.146. The van der Waals surface area contributed by atoms with Crippen molar-refractivity contribution in [3.8, 4) is 11.5 Å². The molecule has 3 rings (SSSR count). The zero-order valence-electron chi connectivity index (χ0n) is 20.2. The lowest BCUT2D eigenvalue weighted by Crippen LogP contribution is -2.57. The van der Waals surface area contributed by atoms with E-state index in [2.05, 4.69) is 5.32 Å². The van der Waals surface area contributed by atoms with Crippen LogP contribution in [0.3, 0.4) is 0 Å². The molecule has 178 valence electrons. The second kappa shape index (κ2) is 11.4. The lowest BCUT2D eigenvalue weighted by Gasteiger charge is -2.37. The number of carbonyl (C=O) groups is 2. The topological polar surface area (TPSA) is 67.9 Å². The van der Waals surface area contributed by atoms with Crippen molar-refractivity contribution in [3.63, 3.8) is 0 Å². The molecule has 0 aromatic heterocycles. The Hall–Kier alpha value is -3.80. The van der Waals surface area contributed by atoms with Gasteiger partial charge in [-0.05, 0) is 54.8 Å². The molecule has 0 saturated carbocycles. The smallest absolute Gasteiger partial charge is 0.245 e. The second-order valence-corrected chi connectivity index (χ2v) is 8.58. The van der Waals surface area contributed by atoms with Crippen molar-refractivity contribution in [1.29, 1.82) is 0 Å². The molecular weight excluding hydrogens is 428 g/mol. The van der Waals surface area contributed by atoms with Gasteiger partial charge in [0.2, 0.25) is 11.8 Å². The molecule has 0 aliphatic rings. The van der Waals surface area contributed by atoms with Crippen molar-refractivity contribution in [1.82, 2.24) is 10.2 Å². The van der Waals surface area contributed by atoms with Crippen LogP contribution in [0, 0.1) is 0 Å². The molecule has 0 spiro atoms. The number of hydrogen-bond donors (Lipinski definition) is 1. The molecule has 0 heterocycles. The highest BCUT2D eigenvalue weighted by Crippen LogP contribution is 2.22. The van der Waals surface area contributed by atoms with Gasteiger partial charge in [-0.25, -0.2) is 0 Å². The number of amides is 2. The third-order valence-electron chi connectivity index (χ3n) is 5.84. The summed E-state index contributed by atoms with van der Waals surface area (Å²) in [6, 6.07) is 24.6. The molecule has 6 heteroatoms. The fourth-order valence-corrected chi connectivity index (χ4v) is 3.64. The van der Waals surface area contributed by atoms with Gasteiger partial charge in [0.15, 0.2) is 0 Å². The number of nitrogens with one attached hydrogen (secondary N) is 1. The highest BCUT2D eigenvalue weighted by Gasteiger charge is 2.37. The molecule has 0 atom stereocenters. The number of nitrogens with zero attached hydrogens (tertiary/aromatic N) is 1. The molecule has 0 radical (unpaired) electrons. The number of benzene rings is 3. The van der Waals surface area contributed by atoms with Crippen LogP contribution >= 0.6 is 0 Å². The van der Waals surface area contributed by atoms with E-state index in [1.54, 1.807) is 33.0 Å². The Bertz CT molecular complexity index is 1080. The van der Waals surface area contributed by atoms with Gasteiger partial charge in [-0.2, -0.15) is 0 Å². The quantitative estimate of drug-likeness (QED) is 0.488. The molecule has 0 unspecified atom stereocenters. The number of hydrogen-bond acceptors (Lipinski definition) is 4. The van der Waals surface area contributed by atoms with Crippen LogP contribution in [-0.2, 0) is 29.1 Å². The maximum absolute atomic E-state index is 13.4. The summed E-state index contributed by atoms with van der Waals surface area (Å²) in [6.45, 7) is 4.22. The minimum absolute atomic E-state index is 0.119. The van der Waals surface area contributed by atoms with Crippen molar-refractivity contribution in [2.24, 2.45) is 0 Å². The third-order valence-corrected chi connectivity index (χ3v) is 5.84. The molecule has 3 aromatic carbocycles. The van der Waals surface area contributed by atoms with E-state index in [0.29, 0.717) is 13.1 Å². The summed E-state index contributed by atoms with van der Waals surface area (Å²) in [5, 5.41) is 2.99. The molecule has 2 amide bonds. The predicted octanol–water partition coefficient (Wildman–Crippen LogP) is 4.37. The number of carbonyl (C=O) groups excluding carboxylic acids is 2. The Morgan fingerprint density at radius 1 is 0.765 bits per heavy atom. The first-order valence-electron chi connectivity index (χ1n) is 11.2. The van der Waals surface area contributed by atoms with Crippen molar-refractivity contribution < 1.29 is 19.1 Å². The molecule has 0 aliphatic carbocycles. The Balaban J connectivity index is 1.79. The molecule has 3 aromatic rings. The lowest BCUT2D eigenvalue weighted by atomic mass is 9.98. The fraction of sp³-hybridized carbons (Fsp3) is 0.286. The van der Waals surface area contributed by atoms with Gasteiger partial charge in [-0.15, -0.1) is 0 Å². The molecule has 0 aliphatic heterocycles. The van der Waals surface area contributed by atoms with Gasteiger partial charge in [0, 0.05) is 13.1 Å². The Kier molecular flexibility index (Phi) is 8.30. The van der Waals surface area contributed by atoms with Gasteiger partial charge in [0.1, 0.15) is 17.0 Å². The van der Waals surface area contributed by atoms with E-state index in [1.807, 2.05) is 78.9 Å². The van der Waals surface area contributed by atoms with E-state index < -0.39 is 5.54 Å². The average molecular weight is 461 g/mol. The summed E-state index contributed by atoms with van der Waals surface area (Å²) in [5.74, 6) is 1.15. The zero-order valence-corrected chi connectivity index (χ0v) is 20.2. The summed E-state index contributed by atoms with van der Waals surface area (Å²) in [5.41, 5.74) is 1.69. The highest BCUT2D eigenvalue weighted by atomic mass is 16.5. The minimum atomic E-state index is -1.07. The maximum atomic E-state index is 13.4. The summed E-state index contributed by atoms with van der Waals surface area (Å²) in [6.07, 6.45) is 0.214. The molecular formula is C28H32N2O4. The van der Waals surface area contributed by atoms with Gasteiger partial charge in [0.05, 0.1) is 20.6 Å². The largest absolute Gasteiger partial charge is 0.497 e. The van der Waals surface area contributed by atoms with Crippen LogP contribution < -0.4 is 14.8 Å². The van der Waals surface area contributed by atoms with E-state index >= 15 is 0 Å². The van der Waals surface area contributed by atoms with Crippen molar-refractivity contribution in [2.75, 3.05) is 14.2 Å².